The molecule has 2 N–H and O–H groups in total. The zero-order valence-electron chi connectivity index (χ0n) is 11.9. The van der Waals surface area contributed by atoms with Crippen molar-refractivity contribution in [1.82, 2.24) is 13.7 Å². The minimum atomic E-state index is -3.65. The van der Waals surface area contributed by atoms with E-state index >= 15 is 0 Å². The standard InChI is InChI=1S/C13H18N4O2S2/c1-9-7-16(8-10(2)20-9)21(18,19)13-12(14)15-11-5-3-4-6-17(11)13/h3-6,9-10H,7-8,14H2,1-2H3. The average molecular weight is 326 g/mol. The quantitative estimate of drug-likeness (QED) is 0.903. The Kier molecular flexibility index (Phi) is 3.62. The van der Waals surface area contributed by atoms with Crippen LogP contribution in [0.3, 0.4) is 0 Å². The van der Waals surface area contributed by atoms with E-state index in [1.165, 1.54) is 4.31 Å². The fraction of sp³-hybridized carbons (Fsp3) is 0.462. The summed E-state index contributed by atoms with van der Waals surface area (Å²) in [6, 6.07) is 5.32. The van der Waals surface area contributed by atoms with Crippen LogP contribution in [0.25, 0.3) is 5.65 Å². The summed E-state index contributed by atoms with van der Waals surface area (Å²) < 4.78 is 29.0. The first-order chi connectivity index (χ1) is 9.89. The Morgan fingerprint density at radius 2 is 1.95 bits per heavy atom. The normalized spacial score (nSPS) is 24.5. The SMILES string of the molecule is CC1CN(S(=O)(=O)c2c(N)nc3ccccn23)CC(C)S1. The fourth-order valence-corrected chi connectivity index (χ4v) is 6.01. The van der Waals surface area contributed by atoms with Gasteiger partial charge in [0.15, 0.2) is 10.8 Å². The van der Waals surface area contributed by atoms with Crippen LogP contribution in [-0.4, -0.2) is 45.7 Å². The molecule has 2 aromatic rings. The second kappa shape index (κ2) is 5.19. The first-order valence-electron chi connectivity index (χ1n) is 6.78. The zero-order chi connectivity index (χ0) is 15.2. The van der Waals surface area contributed by atoms with Gasteiger partial charge < -0.3 is 5.73 Å². The highest BCUT2D eigenvalue weighted by Crippen LogP contribution is 2.30. The number of hydrogen-bond donors (Lipinski definition) is 1. The molecule has 2 aromatic heterocycles. The highest BCUT2D eigenvalue weighted by molar-refractivity contribution is 8.00. The van der Waals surface area contributed by atoms with E-state index in [4.69, 9.17) is 5.73 Å². The van der Waals surface area contributed by atoms with Crippen molar-refractivity contribution >= 4 is 33.3 Å². The predicted molar refractivity (Wildman–Crippen MR) is 84.9 cm³/mol. The monoisotopic (exact) mass is 326 g/mol. The lowest BCUT2D eigenvalue weighted by molar-refractivity contribution is 0.403. The molecule has 114 valence electrons. The Labute approximate surface area is 128 Å². The molecule has 2 unspecified atom stereocenters. The molecule has 6 nitrogen and oxygen atoms in total. The van der Waals surface area contributed by atoms with E-state index in [1.54, 1.807) is 40.6 Å². The molecule has 3 heterocycles. The van der Waals surface area contributed by atoms with Crippen molar-refractivity contribution in [2.24, 2.45) is 0 Å². The summed E-state index contributed by atoms with van der Waals surface area (Å²) in [5, 5.41) is 0.609. The maximum Gasteiger partial charge on any atom is 0.262 e. The third kappa shape index (κ3) is 2.51. The number of pyridine rings is 1. The van der Waals surface area contributed by atoms with E-state index in [9.17, 15) is 8.42 Å². The van der Waals surface area contributed by atoms with Crippen LogP contribution in [0.15, 0.2) is 29.4 Å². The highest BCUT2D eigenvalue weighted by atomic mass is 32.2. The Morgan fingerprint density at radius 3 is 2.62 bits per heavy atom. The van der Waals surface area contributed by atoms with E-state index in [1.807, 2.05) is 13.8 Å². The second-order valence-electron chi connectivity index (χ2n) is 5.31. The van der Waals surface area contributed by atoms with Gasteiger partial charge in [0.05, 0.1) is 0 Å². The molecule has 0 aromatic carbocycles. The van der Waals surface area contributed by atoms with Gasteiger partial charge in [-0.25, -0.2) is 13.4 Å². The van der Waals surface area contributed by atoms with Crippen molar-refractivity contribution < 1.29 is 8.42 Å². The van der Waals surface area contributed by atoms with Crippen LogP contribution >= 0.6 is 11.8 Å². The lowest BCUT2D eigenvalue weighted by Crippen LogP contribution is -2.44. The molecule has 0 radical (unpaired) electrons. The van der Waals surface area contributed by atoms with Crippen LogP contribution in [0.2, 0.25) is 0 Å². The summed E-state index contributed by atoms with van der Waals surface area (Å²) >= 11 is 1.81. The number of anilines is 1. The summed E-state index contributed by atoms with van der Waals surface area (Å²) in [4.78, 5) is 4.14. The number of nitrogen functional groups attached to an aromatic ring is 1. The van der Waals surface area contributed by atoms with Crippen LogP contribution in [0.5, 0.6) is 0 Å². The van der Waals surface area contributed by atoms with Crippen molar-refractivity contribution in [2.75, 3.05) is 18.8 Å². The molecule has 0 spiro atoms. The fourth-order valence-electron chi connectivity index (χ4n) is 2.70. The van der Waals surface area contributed by atoms with Crippen molar-refractivity contribution in [1.29, 1.82) is 0 Å². The molecule has 21 heavy (non-hydrogen) atoms. The number of aromatic nitrogens is 2. The molecule has 0 aliphatic carbocycles. The van der Waals surface area contributed by atoms with Gasteiger partial charge in [0, 0.05) is 29.8 Å². The van der Waals surface area contributed by atoms with Crippen LogP contribution in [0, 0.1) is 0 Å². The van der Waals surface area contributed by atoms with Crippen molar-refractivity contribution in [3.63, 3.8) is 0 Å². The minimum Gasteiger partial charge on any atom is -0.381 e. The molecule has 2 atom stereocenters. The van der Waals surface area contributed by atoms with Gasteiger partial charge in [0.2, 0.25) is 0 Å². The smallest absolute Gasteiger partial charge is 0.262 e. The number of imidazole rings is 1. The molecule has 0 amide bonds. The van der Waals surface area contributed by atoms with Crippen LogP contribution in [-0.2, 0) is 10.0 Å². The van der Waals surface area contributed by atoms with E-state index in [-0.39, 0.29) is 21.3 Å². The number of sulfonamides is 1. The first-order valence-corrected chi connectivity index (χ1v) is 9.16. The van der Waals surface area contributed by atoms with E-state index in [2.05, 4.69) is 4.98 Å². The number of fused-ring (bicyclic) bond motifs is 1. The van der Waals surface area contributed by atoms with Gasteiger partial charge >= 0.3 is 0 Å². The molecular formula is C13H18N4O2S2. The Morgan fingerprint density at radius 1 is 1.29 bits per heavy atom. The molecule has 0 saturated carbocycles. The van der Waals surface area contributed by atoms with Crippen molar-refractivity contribution in [3.05, 3.63) is 24.4 Å². The molecule has 3 rings (SSSR count). The van der Waals surface area contributed by atoms with Gasteiger partial charge in [-0.05, 0) is 12.1 Å². The number of rotatable bonds is 2. The number of thioether (sulfide) groups is 1. The molecule has 1 fully saturated rings. The molecule has 1 aliphatic heterocycles. The zero-order valence-corrected chi connectivity index (χ0v) is 13.6. The summed E-state index contributed by atoms with van der Waals surface area (Å²) in [6.07, 6.45) is 1.68. The van der Waals surface area contributed by atoms with Crippen LogP contribution < -0.4 is 5.73 Å². The van der Waals surface area contributed by atoms with E-state index in [0.29, 0.717) is 18.7 Å². The second-order valence-corrected chi connectivity index (χ2v) is 9.05. The lowest BCUT2D eigenvalue weighted by atomic mass is 10.4. The van der Waals surface area contributed by atoms with E-state index in [0.717, 1.165) is 0 Å². The van der Waals surface area contributed by atoms with Gasteiger partial charge in [-0.1, -0.05) is 19.9 Å². The topological polar surface area (TPSA) is 80.7 Å². The van der Waals surface area contributed by atoms with Gasteiger partial charge in [0.1, 0.15) is 5.65 Å². The summed E-state index contributed by atoms with van der Waals surface area (Å²) in [7, 11) is -3.65. The average Bonchev–Trinajstić information content (AvgIpc) is 2.73. The number of hydrogen-bond acceptors (Lipinski definition) is 5. The van der Waals surface area contributed by atoms with Crippen LogP contribution in [0.4, 0.5) is 5.82 Å². The molecule has 8 heteroatoms. The van der Waals surface area contributed by atoms with Gasteiger partial charge in [0.25, 0.3) is 10.0 Å². The Bertz CT molecular complexity index is 762. The highest BCUT2D eigenvalue weighted by Gasteiger charge is 2.35. The van der Waals surface area contributed by atoms with Gasteiger partial charge in [-0.15, -0.1) is 0 Å². The Balaban J connectivity index is 2.10. The molecule has 1 saturated heterocycles. The predicted octanol–water partition coefficient (Wildman–Crippen LogP) is 1.43. The lowest BCUT2D eigenvalue weighted by Gasteiger charge is -2.33. The first kappa shape index (κ1) is 14.7. The van der Waals surface area contributed by atoms with Gasteiger partial charge in [-0.3, -0.25) is 4.40 Å². The maximum absolute atomic E-state index is 13.0. The Hall–Kier alpha value is -1.25. The third-order valence-electron chi connectivity index (χ3n) is 3.48. The third-order valence-corrected chi connectivity index (χ3v) is 6.58. The minimum absolute atomic E-state index is 0.0553. The maximum atomic E-state index is 13.0. The number of nitrogens with zero attached hydrogens (tertiary/aromatic N) is 3. The van der Waals surface area contributed by atoms with E-state index < -0.39 is 10.0 Å². The molecule has 1 aliphatic rings. The van der Waals surface area contributed by atoms with Crippen molar-refractivity contribution in [3.8, 4) is 0 Å². The summed E-state index contributed by atoms with van der Waals surface area (Å²) in [5.74, 6) is 0.0553. The molecular weight excluding hydrogens is 308 g/mol. The van der Waals surface area contributed by atoms with Crippen molar-refractivity contribution in [2.45, 2.75) is 29.4 Å². The summed E-state index contributed by atoms with van der Waals surface area (Å²) in [6.45, 7) is 5.08. The van der Waals surface area contributed by atoms with Gasteiger partial charge in [-0.2, -0.15) is 16.1 Å². The molecule has 0 bridgehead atoms. The summed E-state index contributed by atoms with van der Waals surface area (Å²) in [5.41, 5.74) is 6.42. The van der Waals surface area contributed by atoms with Crippen LogP contribution in [0.1, 0.15) is 13.8 Å². The largest absolute Gasteiger partial charge is 0.381 e. The number of nitrogens with two attached hydrogens (primary N) is 1.